The van der Waals surface area contributed by atoms with Gasteiger partial charge in [0.05, 0.1) is 5.60 Å². The van der Waals surface area contributed by atoms with Gasteiger partial charge in [-0.1, -0.05) is 32.3 Å². The highest BCUT2D eigenvalue weighted by atomic mass is 19.1. The topological polar surface area (TPSA) is 74.7 Å². The minimum absolute atomic E-state index is 0.287. The van der Waals surface area contributed by atoms with E-state index in [0.29, 0.717) is 17.5 Å². The Balaban J connectivity index is 2.35. The van der Waals surface area contributed by atoms with Gasteiger partial charge in [0.1, 0.15) is 5.82 Å². The van der Waals surface area contributed by atoms with Gasteiger partial charge in [-0.15, -0.1) is 10.2 Å². The van der Waals surface area contributed by atoms with Gasteiger partial charge in [0, 0.05) is 5.56 Å². The molecule has 0 bridgehead atoms. The summed E-state index contributed by atoms with van der Waals surface area (Å²) in [5.41, 5.74) is 0.0513. The van der Waals surface area contributed by atoms with E-state index in [0.717, 1.165) is 19.3 Å². The van der Waals surface area contributed by atoms with E-state index in [2.05, 4.69) is 27.5 Å². The van der Waals surface area contributed by atoms with Gasteiger partial charge in [-0.2, -0.15) is 5.21 Å². The zero-order valence-electron chi connectivity index (χ0n) is 11.7. The fraction of sp³-hybridized carbons (Fsp3) is 0.500. The molecule has 0 saturated heterocycles. The Bertz CT molecular complexity index is 554. The average molecular weight is 278 g/mol. The largest absolute Gasteiger partial charge is 0.385 e. The number of tetrazole rings is 1. The Labute approximate surface area is 117 Å². The monoisotopic (exact) mass is 278 g/mol. The first kappa shape index (κ1) is 14.6. The first-order valence-corrected chi connectivity index (χ1v) is 6.81. The molecule has 0 aliphatic heterocycles. The van der Waals surface area contributed by atoms with Crippen LogP contribution in [0.3, 0.4) is 0 Å². The molecule has 0 aliphatic carbocycles. The van der Waals surface area contributed by atoms with Gasteiger partial charge in [0.15, 0.2) is 0 Å². The van der Waals surface area contributed by atoms with Crippen LogP contribution < -0.4 is 0 Å². The van der Waals surface area contributed by atoms with Crippen molar-refractivity contribution >= 4 is 0 Å². The lowest BCUT2D eigenvalue weighted by atomic mass is 9.86. The van der Waals surface area contributed by atoms with Crippen LogP contribution in [0.4, 0.5) is 4.39 Å². The van der Waals surface area contributed by atoms with E-state index >= 15 is 0 Å². The first-order valence-electron chi connectivity index (χ1n) is 6.81. The first-order chi connectivity index (χ1) is 9.54. The number of H-pyrrole nitrogens is 1. The smallest absolute Gasteiger partial charge is 0.205 e. The van der Waals surface area contributed by atoms with Gasteiger partial charge < -0.3 is 5.11 Å². The Kier molecular flexibility index (Phi) is 4.44. The summed E-state index contributed by atoms with van der Waals surface area (Å²) in [5, 5.41) is 24.3. The molecule has 0 fully saturated rings. The molecule has 2 N–H and O–H groups in total. The number of unbranched alkanes of at least 4 members (excludes halogenated alkanes) is 2. The molecule has 1 aromatic heterocycles. The number of hydrogen-bond donors (Lipinski definition) is 2. The van der Waals surface area contributed by atoms with E-state index in [4.69, 9.17) is 0 Å². The second-order valence-corrected chi connectivity index (χ2v) is 5.16. The molecule has 2 aromatic rings. The summed E-state index contributed by atoms with van der Waals surface area (Å²) in [4.78, 5) is 0. The summed E-state index contributed by atoms with van der Waals surface area (Å²) in [7, 11) is 0. The van der Waals surface area contributed by atoms with Crippen LogP contribution in [0.5, 0.6) is 0 Å². The van der Waals surface area contributed by atoms with Crippen molar-refractivity contribution in [1.29, 1.82) is 0 Å². The van der Waals surface area contributed by atoms with E-state index in [9.17, 15) is 9.50 Å². The van der Waals surface area contributed by atoms with Crippen LogP contribution in [0.2, 0.25) is 0 Å². The number of aromatic amines is 1. The molecule has 6 heteroatoms. The minimum atomic E-state index is -1.04. The van der Waals surface area contributed by atoms with Gasteiger partial charge in [0.25, 0.3) is 0 Å². The number of aliphatic hydroxyl groups is 1. The van der Waals surface area contributed by atoms with Crippen LogP contribution in [-0.2, 0) is 5.60 Å². The highest BCUT2D eigenvalue weighted by Gasteiger charge is 2.27. The molecule has 0 amide bonds. The third kappa shape index (κ3) is 3.19. The minimum Gasteiger partial charge on any atom is -0.385 e. The molecule has 0 aliphatic rings. The summed E-state index contributed by atoms with van der Waals surface area (Å²) in [6, 6.07) is 4.26. The molecule has 0 saturated carbocycles. The van der Waals surface area contributed by atoms with Crippen LogP contribution in [0, 0.1) is 5.82 Å². The van der Waals surface area contributed by atoms with E-state index < -0.39 is 11.4 Å². The number of aromatic nitrogens is 4. The van der Waals surface area contributed by atoms with Crippen molar-refractivity contribution in [2.45, 2.75) is 45.1 Å². The normalized spacial score (nSPS) is 14.2. The predicted molar refractivity (Wildman–Crippen MR) is 73.3 cm³/mol. The molecular weight excluding hydrogens is 259 g/mol. The maximum Gasteiger partial charge on any atom is 0.205 e. The Morgan fingerprint density at radius 3 is 2.80 bits per heavy atom. The van der Waals surface area contributed by atoms with Crippen molar-refractivity contribution in [2.24, 2.45) is 0 Å². The quantitative estimate of drug-likeness (QED) is 0.797. The molecule has 2 rings (SSSR count). The summed E-state index contributed by atoms with van der Waals surface area (Å²) in [6.07, 6.45) is 3.65. The lowest BCUT2D eigenvalue weighted by Gasteiger charge is -2.25. The molecule has 1 aromatic carbocycles. The zero-order valence-corrected chi connectivity index (χ0v) is 11.7. The summed E-state index contributed by atoms with van der Waals surface area (Å²) < 4.78 is 13.5. The van der Waals surface area contributed by atoms with Crippen LogP contribution in [0.1, 0.15) is 45.1 Å². The molecule has 0 radical (unpaired) electrons. The molecule has 1 unspecified atom stereocenters. The fourth-order valence-corrected chi connectivity index (χ4v) is 2.30. The lowest BCUT2D eigenvalue weighted by molar-refractivity contribution is 0.0454. The summed E-state index contributed by atoms with van der Waals surface area (Å²) >= 11 is 0. The maximum atomic E-state index is 13.5. The van der Waals surface area contributed by atoms with Crippen molar-refractivity contribution < 1.29 is 9.50 Å². The molecule has 0 spiro atoms. The molecule has 1 atom stereocenters. The van der Waals surface area contributed by atoms with E-state index in [1.807, 2.05) is 0 Å². The third-order valence-corrected chi connectivity index (χ3v) is 3.42. The van der Waals surface area contributed by atoms with Gasteiger partial charge in [0.2, 0.25) is 5.82 Å². The highest BCUT2D eigenvalue weighted by Crippen LogP contribution is 2.34. The predicted octanol–water partition coefficient (Wildman–Crippen LogP) is 2.79. The second kappa shape index (κ2) is 6.09. The zero-order chi connectivity index (χ0) is 14.6. The number of rotatable bonds is 6. The van der Waals surface area contributed by atoms with Crippen LogP contribution in [-0.4, -0.2) is 25.7 Å². The number of halogens is 1. The molecule has 108 valence electrons. The molecule has 5 nitrogen and oxygen atoms in total. The number of nitrogens with zero attached hydrogens (tertiary/aromatic N) is 3. The van der Waals surface area contributed by atoms with Crippen LogP contribution in [0.15, 0.2) is 18.2 Å². The third-order valence-electron chi connectivity index (χ3n) is 3.42. The molecular formula is C14H19FN4O. The molecule has 20 heavy (non-hydrogen) atoms. The van der Waals surface area contributed by atoms with Gasteiger partial charge in [-0.3, -0.25) is 0 Å². The van der Waals surface area contributed by atoms with E-state index in [1.165, 1.54) is 12.1 Å². The van der Waals surface area contributed by atoms with Crippen LogP contribution in [0.25, 0.3) is 11.4 Å². The van der Waals surface area contributed by atoms with Gasteiger partial charge in [-0.05, 0) is 36.3 Å². The average Bonchev–Trinajstić information content (AvgIpc) is 2.92. The number of nitrogens with one attached hydrogen (secondary N) is 1. The second-order valence-electron chi connectivity index (χ2n) is 5.16. The van der Waals surface area contributed by atoms with Crippen molar-refractivity contribution in [3.63, 3.8) is 0 Å². The maximum absolute atomic E-state index is 13.5. The van der Waals surface area contributed by atoms with Gasteiger partial charge in [-0.25, -0.2) is 4.39 Å². The number of hydrogen-bond acceptors (Lipinski definition) is 4. The summed E-state index contributed by atoms with van der Waals surface area (Å²) in [6.45, 7) is 3.84. The van der Waals surface area contributed by atoms with Crippen molar-refractivity contribution in [3.8, 4) is 11.4 Å². The highest BCUT2D eigenvalue weighted by molar-refractivity contribution is 5.61. The Hall–Kier alpha value is -1.82. The van der Waals surface area contributed by atoms with Crippen LogP contribution >= 0.6 is 0 Å². The molecule has 1 heterocycles. The Morgan fingerprint density at radius 2 is 2.15 bits per heavy atom. The summed E-state index contributed by atoms with van der Waals surface area (Å²) in [5.74, 6) is -0.104. The van der Waals surface area contributed by atoms with Crippen molar-refractivity contribution in [1.82, 2.24) is 20.6 Å². The van der Waals surface area contributed by atoms with Crippen molar-refractivity contribution in [3.05, 3.63) is 29.6 Å². The van der Waals surface area contributed by atoms with E-state index in [1.54, 1.807) is 13.0 Å². The Morgan fingerprint density at radius 1 is 1.35 bits per heavy atom. The number of benzene rings is 1. The van der Waals surface area contributed by atoms with E-state index in [-0.39, 0.29) is 5.82 Å². The SMILES string of the molecule is CCCCCC(C)(O)c1ccc(F)cc1-c1nn[nH]n1. The lowest BCUT2D eigenvalue weighted by Crippen LogP contribution is -2.22. The fourth-order valence-electron chi connectivity index (χ4n) is 2.30. The van der Waals surface area contributed by atoms with Crippen molar-refractivity contribution in [2.75, 3.05) is 0 Å². The standard InChI is InChI=1S/C14H19FN4O/c1-3-4-5-8-14(2,20)12-7-6-10(15)9-11(12)13-16-18-19-17-13/h6-7,9,20H,3-5,8H2,1-2H3,(H,16,17,18,19). The van der Waals surface area contributed by atoms with Gasteiger partial charge >= 0.3 is 0 Å².